The first-order valence-corrected chi connectivity index (χ1v) is 9.90. The highest BCUT2D eigenvalue weighted by molar-refractivity contribution is 7.88. The number of benzene rings is 1. The largest absolute Gasteiger partial charge is 0.213 e. The summed E-state index contributed by atoms with van der Waals surface area (Å²) in [4.78, 5) is 0. The van der Waals surface area contributed by atoms with Crippen LogP contribution in [0.25, 0.3) is 0 Å². The van der Waals surface area contributed by atoms with Crippen molar-refractivity contribution >= 4 is 21.6 Å². The lowest BCUT2D eigenvalue weighted by Crippen LogP contribution is -2.39. The van der Waals surface area contributed by atoms with Gasteiger partial charge in [-0.25, -0.2) is 12.7 Å². The van der Waals surface area contributed by atoms with Crippen molar-refractivity contribution < 1.29 is 8.42 Å². The molecule has 0 amide bonds. The second-order valence-corrected chi connectivity index (χ2v) is 8.88. The summed E-state index contributed by atoms with van der Waals surface area (Å²) >= 11 is 6.62. The fourth-order valence-corrected chi connectivity index (χ4v) is 5.13. The van der Waals surface area contributed by atoms with E-state index < -0.39 is 10.0 Å². The molecular weight excluding hydrogens is 306 g/mol. The van der Waals surface area contributed by atoms with Gasteiger partial charge in [0.25, 0.3) is 0 Å². The lowest BCUT2D eigenvalue weighted by Gasteiger charge is -2.32. The summed E-state index contributed by atoms with van der Waals surface area (Å²) in [6.45, 7) is 1.33. The number of halogens is 1. The molecule has 5 heteroatoms. The van der Waals surface area contributed by atoms with Gasteiger partial charge in [0.2, 0.25) is 10.0 Å². The van der Waals surface area contributed by atoms with E-state index in [0.717, 1.165) is 25.7 Å². The van der Waals surface area contributed by atoms with E-state index in [-0.39, 0.29) is 5.38 Å². The van der Waals surface area contributed by atoms with Gasteiger partial charge < -0.3 is 0 Å². The van der Waals surface area contributed by atoms with E-state index in [4.69, 9.17) is 11.6 Å². The molecular formula is C16H22ClNO2S. The van der Waals surface area contributed by atoms with Crippen molar-refractivity contribution in [3.8, 4) is 0 Å². The van der Waals surface area contributed by atoms with Crippen LogP contribution >= 0.6 is 11.6 Å². The van der Waals surface area contributed by atoms with Crippen molar-refractivity contribution in [1.29, 1.82) is 0 Å². The zero-order valence-corrected chi connectivity index (χ0v) is 13.9. The van der Waals surface area contributed by atoms with Crippen molar-refractivity contribution in [2.24, 2.45) is 11.8 Å². The van der Waals surface area contributed by atoms with E-state index in [0.29, 0.717) is 24.9 Å². The molecule has 1 fully saturated rings. The fourth-order valence-electron chi connectivity index (χ4n) is 3.78. The van der Waals surface area contributed by atoms with Crippen LogP contribution in [-0.2, 0) is 16.4 Å². The van der Waals surface area contributed by atoms with E-state index >= 15 is 0 Å². The molecule has 2 aliphatic rings. The zero-order valence-electron chi connectivity index (χ0n) is 12.3. The minimum atomic E-state index is -3.06. The topological polar surface area (TPSA) is 37.4 Å². The van der Waals surface area contributed by atoms with Crippen LogP contribution in [0.4, 0.5) is 0 Å². The summed E-state index contributed by atoms with van der Waals surface area (Å²) < 4.78 is 25.1. The number of fused-ring (bicyclic) bond motifs is 1. The molecule has 3 atom stereocenters. The molecule has 1 aromatic rings. The number of nitrogens with zero attached hydrogens (tertiary/aromatic N) is 1. The van der Waals surface area contributed by atoms with Crippen LogP contribution in [0.15, 0.2) is 24.3 Å². The predicted molar refractivity (Wildman–Crippen MR) is 86.0 cm³/mol. The Morgan fingerprint density at radius 3 is 2.81 bits per heavy atom. The molecule has 0 bridgehead atoms. The summed E-state index contributed by atoms with van der Waals surface area (Å²) in [5.74, 6) is 0.877. The maximum Gasteiger partial charge on any atom is 0.211 e. The van der Waals surface area contributed by atoms with E-state index in [1.165, 1.54) is 17.4 Å². The smallest absolute Gasteiger partial charge is 0.211 e. The molecule has 1 aliphatic carbocycles. The highest BCUT2D eigenvalue weighted by atomic mass is 35.5. The lowest BCUT2D eigenvalue weighted by atomic mass is 9.87. The van der Waals surface area contributed by atoms with Gasteiger partial charge in [-0.1, -0.05) is 24.3 Å². The minimum Gasteiger partial charge on any atom is -0.213 e. The monoisotopic (exact) mass is 327 g/mol. The van der Waals surface area contributed by atoms with E-state index in [2.05, 4.69) is 18.2 Å². The number of sulfonamides is 1. The minimum absolute atomic E-state index is 0.0785. The van der Waals surface area contributed by atoms with E-state index in [1.807, 2.05) is 6.07 Å². The Labute approximate surface area is 132 Å². The average Bonchev–Trinajstić information content (AvgIpc) is 2.75. The molecule has 3 nitrogen and oxygen atoms in total. The van der Waals surface area contributed by atoms with E-state index in [1.54, 1.807) is 4.31 Å². The number of hydrogen-bond acceptors (Lipinski definition) is 2. The summed E-state index contributed by atoms with van der Waals surface area (Å²) in [5.41, 5.74) is 2.62. The van der Waals surface area contributed by atoms with Crippen molar-refractivity contribution in [1.82, 2.24) is 4.31 Å². The van der Waals surface area contributed by atoms with Crippen molar-refractivity contribution in [2.45, 2.75) is 31.1 Å². The van der Waals surface area contributed by atoms with Gasteiger partial charge in [-0.2, -0.15) is 0 Å². The molecule has 0 saturated carbocycles. The lowest BCUT2D eigenvalue weighted by molar-refractivity contribution is 0.231. The Bertz CT molecular complexity index is 616. The second kappa shape index (κ2) is 5.90. The molecule has 1 aliphatic heterocycles. The molecule has 1 saturated heterocycles. The molecule has 1 heterocycles. The Kier molecular flexibility index (Phi) is 4.30. The molecule has 3 unspecified atom stereocenters. The molecule has 3 rings (SSSR count). The number of hydrogen-bond donors (Lipinski definition) is 0. The summed E-state index contributed by atoms with van der Waals surface area (Å²) in [5, 5.41) is 0.0785. The van der Waals surface area contributed by atoms with Crippen molar-refractivity contribution in [3.63, 3.8) is 0 Å². The molecule has 0 spiro atoms. The molecule has 1 aromatic carbocycles. The van der Waals surface area contributed by atoms with Gasteiger partial charge in [0.05, 0.1) is 11.6 Å². The molecule has 0 aromatic heterocycles. The Morgan fingerprint density at radius 2 is 2.10 bits per heavy atom. The van der Waals surface area contributed by atoms with Crippen LogP contribution in [0.1, 0.15) is 35.8 Å². The SMILES string of the molecule is CS(=O)(=O)N1CCCC(CC2Cc3ccccc3C2Cl)C1. The standard InChI is InChI=1S/C16H22ClNO2S/c1-21(19,20)18-8-4-5-12(11-18)9-14-10-13-6-2-3-7-15(13)16(14)17/h2-3,6-7,12,14,16H,4-5,8-11H2,1H3. The first-order chi connectivity index (χ1) is 9.95. The van der Waals surface area contributed by atoms with Crippen molar-refractivity contribution in [2.75, 3.05) is 19.3 Å². The highest BCUT2D eigenvalue weighted by Gasteiger charge is 2.34. The summed E-state index contributed by atoms with van der Waals surface area (Å²) in [7, 11) is -3.06. The van der Waals surface area contributed by atoms with Crippen LogP contribution in [-0.4, -0.2) is 32.1 Å². The van der Waals surface area contributed by atoms with Gasteiger partial charge in [0.15, 0.2) is 0 Å². The first-order valence-electron chi connectivity index (χ1n) is 7.62. The first kappa shape index (κ1) is 15.3. The Morgan fingerprint density at radius 1 is 1.33 bits per heavy atom. The fraction of sp³-hybridized carbons (Fsp3) is 0.625. The van der Waals surface area contributed by atoms with Crippen LogP contribution in [0.2, 0.25) is 0 Å². The average molecular weight is 328 g/mol. The summed E-state index contributed by atoms with van der Waals surface area (Å²) in [6, 6.07) is 8.39. The molecule has 21 heavy (non-hydrogen) atoms. The summed E-state index contributed by atoms with van der Waals surface area (Å²) in [6.07, 6.45) is 5.44. The Balaban J connectivity index is 1.66. The zero-order chi connectivity index (χ0) is 15.0. The second-order valence-electron chi connectivity index (χ2n) is 6.43. The molecule has 0 N–H and O–H groups in total. The van der Waals surface area contributed by atoms with Gasteiger partial charge in [-0.3, -0.25) is 0 Å². The van der Waals surface area contributed by atoms with Gasteiger partial charge in [0, 0.05) is 13.1 Å². The number of alkyl halides is 1. The van der Waals surface area contributed by atoms with Crippen LogP contribution in [0.5, 0.6) is 0 Å². The highest BCUT2D eigenvalue weighted by Crippen LogP contribution is 2.44. The maximum atomic E-state index is 11.7. The van der Waals surface area contributed by atoms with Crippen LogP contribution < -0.4 is 0 Å². The molecule has 0 radical (unpaired) electrons. The maximum absolute atomic E-state index is 11.7. The predicted octanol–water partition coefficient (Wildman–Crippen LogP) is 3.20. The van der Waals surface area contributed by atoms with Crippen molar-refractivity contribution in [3.05, 3.63) is 35.4 Å². The van der Waals surface area contributed by atoms with Gasteiger partial charge in [-0.05, 0) is 48.6 Å². The van der Waals surface area contributed by atoms with Gasteiger partial charge >= 0.3 is 0 Å². The Hall–Kier alpha value is -0.580. The van der Waals surface area contributed by atoms with Gasteiger partial charge in [-0.15, -0.1) is 11.6 Å². The normalized spacial score (nSPS) is 30.3. The third kappa shape index (κ3) is 3.27. The third-order valence-electron chi connectivity index (χ3n) is 4.84. The van der Waals surface area contributed by atoms with E-state index in [9.17, 15) is 8.42 Å². The number of rotatable bonds is 3. The van der Waals surface area contributed by atoms with Gasteiger partial charge in [0.1, 0.15) is 0 Å². The molecule has 116 valence electrons. The van der Waals surface area contributed by atoms with Crippen LogP contribution in [0.3, 0.4) is 0 Å². The van der Waals surface area contributed by atoms with Crippen LogP contribution in [0, 0.1) is 11.8 Å². The number of piperidine rings is 1. The quantitative estimate of drug-likeness (QED) is 0.799. The third-order valence-corrected chi connectivity index (χ3v) is 6.70.